The first-order valence-corrected chi connectivity index (χ1v) is 13.3. The summed E-state index contributed by atoms with van der Waals surface area (Å²) in [6.45, 7) is 7.04. The molecule has 2 atom stereocenters. The first-order chi connectivity index (χ1) is 18.7. The molecule has 0 aliphatic carbocycles. The maximum Gasteiger partial charge on any atom is 0.338 e. The van der Waals surface area contributed by atoms with Gasteiger partial charge in [-0.2, -0.15) is 10.1 Å². The van der Waals surface area contributed by atoms with E-state index in [9.17, 15) is 14.4 Å². The molecule has 0 bridgehead atoms. The number of rotatable bonds is 6. The van der Waals surface area contributed by atoms with Gasteiger partial charge in [0.05, 0.1) is 46.5 Å². The zero-order valence-electron chi connectivity index (χ0n) is 22.2. The summed E-state index contributed by atoms with van der Waals surface area (Å²) in [7, 11) is 1.56. The standard InChI is InChI=1S/C29H28N4O5S/c1-16(2)38-28(36)24-18(4)30-29-32(25(24)19-10-9-13-21(14-19)37-5)27(35)23(39-29)15-22-17(3)31-33(26(22)34)20-11-7-6-8-12-20/h6-16,22,25H,1-5H3/b23-15-/t22-,25+/m1/s1. The number of carbonyl (C=O) groups excluding carboxylic acids is 2. The van der Waals surface area contributed by atoms with E-state index in [2.05, 4.69) is 10.1 Å². The molecule has 0 unspecified atom stereocenters. The summed E-state index contributed by atoms with van der Waals surface area (Å²) < 4.78 is 12.8. The number of anilines is 1. The molecule has 2 aromatic carbocycles. The van der Waals surface area contributed by atoms with Crippen LogP contribution in [-0.4, -0.2) is 35.4 Å². The van der Waals surface area contributed by atoms with Gasteiger partial charge in [-0.3, -0.25) is 14.2 Å². The molecule has 200 valence electrons. The summed E-state index contributed by atoms with van der Waals surface area (Å²) in [5.74, 6) is -0.898. The van der Waals surface area contributed by atoms with Crippen molar-refractivity contribution < 1.29 is 19.1 Å². The van der Waals surface area contributed by atoms with Crippen LogP contribution in [-0.2, 0) is 14.3 Å². The Balaban J connectivity index is 1.64. The van der Waals surface area contributed by atoms with E-state index in [1.54, 1.807) is 71.2 Å². The summed E-state index contributed by atoms with van der Waals surface area (Å²) >= 11 is 1.17. The molecule has 0 N–H and O–H groups in total. The topological polar surface area (TPSA) is 103 Å². The van der Waals surface area contributed by atoms with E-state index in [1.807, 2.05) is 24.3 Å². The number of fused-ring (bicyclic) bond motifs is 1. The molecule has 5 rings (SSSR count). The summed E-state index contributed by atoms with van der Waals surface area (Å²) in [5, 5.41) is 5.80. The Morgan fingerprint density at radius 3 is 2.51 bits per heavy atom. The molecule has 39 heavy (non-hydrogen) atoms. The first-order valence-electron chi connectivity index (χ1n) is 12.5. The van der Waals surface area contributed by atoms with Crippen LogP contribution < -0.4 is 24.6 Å². The van der Waals surface area contributed by atoms with Crippen molar-refractivity contribution in [3.05, 3.63) is 91.1 Å². The van der Waals surface area contributed by atoms with Crippen LogP contribution in [0.3, 0.4) is 0 Å². The van der Waals surface area contributed by atoms with Gasteiger partial charge in [0, 0.05) is 0 Å². The van der Waals surface area contributed by atoms with Crippen LogP contribution in [0.1, 0.15) is 39.3 Å². The normalized spacial score (nSPS) is 19.2. The number of amides is 1. The minimum absolute atomic E-state index is 0.244. The van der Waals surface area contributed by atoms with Crippen molar-refractivity contribution in [1.82, 2.24) is 4.57 Å². The molecule has 3 heterocycles. The molecule has 0 spiro atoms. The molecule has 0 saturated carbocycles. The van der Waals surface area contributed by atoms with Crippen molar-refractivity contribution in [2.75, 3.05) is 12.1 Å². The Morgan fingerprint density at radius 2 is 1.82 bits per heavy atom. The third-order valence-electron chi connectivity index (χ3n) is 6.50. The van der Waals surface area contributed by atoms with Gasteiger partial charge in [-0.05, 0) is 63.6 Å². The second-order valence-electron chi connectivity index (χ2n) is 9.54. The van der Waals surface area contributed by atoms with Crippen LogP contribution in [0.5, 0.6) is 5.75 Å². The maximum absolute atomic E-state index is 13.9. The van der Waals surface area contributed by atoms with E-state index >= 15 is 0 Å². The Kier molecular flexibility index (Phi) is 7.05. The molecule has 9 nitrogen and oxygen atoms in total. The fourth-order valence-corrected chi connectivity index (χ4v) is 5.73. The van der Waals surface area contributed by atoms with Crippen molar-refractivity contribution in [3.8, 4) is 5.75 Å². The molecule has 1 amide bonds. The summed E-state index contributed by atoms with van der Waals surface area (Å²) in [6, 6.07) is 15.6. The first kappa shape index (κ1) is 26.3. The van der Waals surface area contributed by atoms with Gasteiger partial charge in [0.25, 0.3) is 11.5 Å². The van der Waals surface area contributed by atoms with Crippen LogP contribution in [0.4, 0.5) is 5.69 Å². The zero-order chi connectivity index (χ0) is 27.8. The highest BCUT2D eigenvalue weighted by atomic mass is 32.1. The second kappa shape index (κ2) is 10.5. The van der Waals surface area contributed by atoms with Gasteiger partial charge in [-0.1, -0.05) is 41.7 Å². The third kappa shape index (κ3) is 4.83. The van der Waals surface area contributed by atoms with Crippen molar-refractivity contribution in [2.45, 2.75) is 39.8 Å². The SMILES string of the molecule is COc1cccc([C@H]2C(C(=O)OC(C)C)=C(C)N=c3s/c(=C\[C@H]4C(=O)N(c5ccccc5)N=C4C)c(=O)n32)c1. The zero-order valence-corrected chi connectivity index (χ0v) is 23.1. The van der Waals surface area contributed by atoms with E-state index in [4.69, 9.17) is 9.47 Å². The number of esters is 1. The summed E-state index contributed by atoms with van der Waals surface area (Å²) in [5.41, 5.74) is 2.30. The lowest BCUT2D eigenvalue weighted by Crippen LogP contribution is -2.40. The minimum Gasteiger partial charge on any atom is -0.497 e. The second-order valence-corrected chi connectivity index (χ2v) is 10.5. The number of hydrogen-bond acceptors (Lipinski definition) is 8. The number of aromatic nitrogens is 1. The molecule has 0 fully saturated rings. The average Bonchev–Trinajstić information content (AvgIpc) is 3.38. The minimum atomic E-state index is -0.778. The van der Waals surface area contributed by atoms with Gasteiger partial charge in [0.1, 0.15) is 11.7 Å². The number of hydrazone groups is 1. The summed E-state index contributed by atoms with van der Waals surface area (Å²) in [4.78, 5) is 45.5. The van der Waals surface area contributed by atoms with Gasteiger partial charge in [-0.15, -0.1) is 0 Å². The molecule has 2 aliphatic heterocycles. The van der Waals surface area contributed by atoms with E-state index in [0.29, 0.717) is 37.7 Å². The van der Waals surface area contributed by atoms with Crippen molar-refractivity contribution in [1.29, 1.82) is 0 Å². The molecule has 0 radical (unpaired) electrons. The highest BCUT2D eigenvalue weighted by molar-refractivity contribution is 7.07. The van der Waals surface area contributed by atoms with Gasteiger partial charge in [0.15, 0.2) is 4.80 Å². The fourth-order valence-electron chi connectivity index (χ4n) is 4.68. The van der Waals surface area contributed by atoms with Crippen molar-refractivity contribution in [3.63, 3.8) is 0 Å². The van der Waals surface area contributed by atoms with E-state index in [1.165, 1.54) is 20.9 Å². The van der Waals surface area contributed by atoms with Gasteiger partial charge >= 0.3 is 5.97 Å². The number of carbonyl (C=O) groups is 2. The Hall–Kier alpha value is -4.31. The molecule has 1 aromatic heterocycles. The van der Waals surface area contributed by atoms with E-state index < -0.39 is 17.9 Å². The number of hydrogen-bond donors (Lipinski definition) is 0. The number of para-hydroxylation sites is 1. The predicted molar refractivity (Wildman–Crippen MR) is 149 cm³/mol. The largest absolute Gasteiger partial charge is 0.497 e. The van der Waals surface area contributed by atoms with Crippen LogP contribution >= 0.6 is 11.3 Å². The number of allylic oxidation sites excluding steroid dienone is 1. The number of benzene rings is 2. The molecule has 3 aromatic rings. The number of thiazole rings is 1. The molecule has 0 saturated heterocycles. The molecular weight excluding hydrogens is 516 g/mol. The van der Waals surface area contributed by atoms with Crippen LogP contribution in [0.15, 0.2) is 80.8 Å². The predicted octanol–water partition coefficient (Wildman–Crippen LogP) is 3.19. The lowest BCUT2D eigenvalue weighted by molar-refractivity contribution is -0.143. The Labute approximate surface area is 229 Å². The van der Waals surface area contributed by atoms with Crippen molar-refractivity contribution in [2.24, 2.45) is 16.0 Å². The monoisotopic (exact) mass is 544 g/mol. The van der Waals surface area contributed by atoms with Crippen LogP contribution in [0, 0.1) is 5.92 Å². The van der Waals surface area contributed by atoms with Gasteiger partial charge in [-0.25, -0.2) is 9.79 Å². The lowest BCUT2D eigenvalue weighted by Gasteiger charge is -2.25. The van der Waals surface area contributed by atoms with Gasteiger partial charge < -0.3 is 9.47 Å². The van der Waals surface area contributed by atoms with Crippen LogP contribution in [0.25, 0.3) is 6.08 Å². The van der Waals surface area contributed by atoms with Crippen molar-refractivity contribution >= 4 is 40.7 Å². The van der Waals surface area contributed by atoms with E-state index in [0.717, 1.165) is 0 Å². The van der Waals surface area contributed by atoms with E-state index in [-0.39, 0.29) is 23.1 Å². The van der Waals surface area contributed by atoms with Gasteiger partial charge in [0.2, 0.25) is 0 Å². The Morgan fingerprint density at radius 1 is 1.08 bits per heavy atom. The lowest BCUT2D eigenvalue weighted by atomic mass is 9.95. The quantitative estimate of drug-likeness (QED) is 0.444. The third-order valence-corrected chi connectivity index (χ3v) is 7.50. The fraction of sp³-hybridized carbons (Fsp3) is 0.276. The highest BCUT2D eigenvalue weighted by Gasteiger charge is 2.36. The Bertz CT molecular complexity index is 1700. The maximum atomic E-state index is 13.9. The number of nitrogens with zero attached hydrogens (tertiary/aromatic N) is 4. The molecule has 10 heteroatoms. The number of ether oxygens (including phenoxy) is 2. The smallest absolute Gasteiger partial charge is 0.338 e. The number of methoxy groups -OCH3 is 1. The summed E-state index contributed by atoms with van der Waals surface area (Å²) in [6.07, 6.45) is 1.29. The molecular formula is C29H28N4O5S. The molecule has 2 aliphatic rings. The van der Waals surface area contributed by atoms with Crippen LogP contribution in [0.2, 0.25) is 0 Å². The average molecular weight is 545 g/mol. The highest BCUT2D eigenvalue weighted by Crippen LogP contribution is 2.32.